The summed E-state index contributed by atoms with van der Waals surface area (Å²) in [7, 11) is 0. The van der Waals surface area contributed by atoms with Gasteiger partial charge in [0.25, 0.3) is 0 Å². The summed E-state index contributed by atoms with van der Waals surface area (Å²) in [6.45, 7) is 9.85. The van der Waals surface area contributed by atoms with Crippen molar-refractivity contribution in [1.82, 2.24) is 10.6 Å². The Bertz CT molecular complexity index is 327. The highest BCUT2D eigenvalue weighted by molar-refractivity contribution is 6.01. The lowest BCUT2D eigenvalue weighted by Crippen LogP contribution is -2.31. The lowest BCUT2D eigenvalue weighted by molar-refractivity contribution is -0.118. The minimum atomic E-state index is -0.0163. The van der Waals surface area contributed by atoms with Crippen molar-refractivity contribution in [2.45, 2.75) is 27.7 Å². The Morgan fingerprint density at radius 2 is 2.06 bits per heavy atom. The molecule has 18 heavy (non-hydrogen) atoms. The first-order chi connectivity index (χ1) is 8.57. The van der Waals surface area contributed by atoms with Crippen LogP contribution in [-0.2, 0) is 9.63 Å². The highest BCUT2D eigenvalue weighted by Crippen LogP contribution is 1.96. The number of carbonyl (C=O) groups is 1. The molecular formula is C13H23N3O2. The fourth-order valence-electron chi connectivity index (χ4n) is 1.09. The fourth-order valence-corrected chi connectivity index (χ4v) is 1.09. The van der Waals surface area contributed by atoms with Gasteiger partial charge in [-0.05, 0) is 12.8 Å². The monoisotopic (exact) mass is 253 g/mol. The van der Waals surface area contributed by atoms with Crippen molar-refractivity contribution in [1.29, 1.82) is 0 Å². The summed E-state index contributed by atoms with van der Waals surface area (Å²) in [5.74, 6) is 5.98. The molecule has 1 amide bonds. The summed E-state index contributed by atoms with van der Waals surface area (Å²) in [6, 6.07) is 0. The maximum atomic E-state index is 10.6. The van der Waals surface area contributed by atoms with Crippen molar-refractivity contribution in [2.24, 2.45) is 11.1 Å². The van der Waals surface area contributed by atoms with E-state index in [1.807, 2.05) is 13.8 Å². The lowest BCUT2D eigenvalue weighted by Gasteiger charge is -2.06. The average molecular weight is 253 g/mol. The molecule has 0 saturated heterocycles. The smallest absolute Gasteiger partial charge is 0.216 e. The van der Waals surface area contributed by atoms with Crippen molar-refractivity contribution in [2.75, 3.05) is 26.2 Å². The Balaban J connectivity index is 3.61. The first-order valence-corrected chi connectivity index (χ1v) is 6.15. The molecule has 0 unspecified atom stereocenters. The van der Waals surface area contributed by atoms with E-state index >= 15 is 0 Å². The van der Waals surface area contributed by atoms with E-state index in [9.17, 15) is 4.79 Å². The molecule has 0 aliphatic heterocycles. The van der Waals surface area contributed by atoms with Crippen LogP contribution < -0.4 is 10.6 Å². The van der Waals surface area contributed by atoms with Crippen LogP contribution in [0.3, 0.4) is 0 Å². The molecule has 0 aliphatic rings. The Kier molecular flexibility index (Phi) is 9.70. The highest BCUT2D eigenvalue weighted by Gasteiger charge is 2.01. The van der Waals surface area contributed by atoms with Crippen LogP contribution in [0.25, 0.3) is 0 Å². The molecule has 0 heterocycles. The van der Waals surface area contributed by atoms with Gasteiger partial charge >= 0.3 is 0 Å². The van der Waals surface area contributed by atoms with Gasteiger partial charge in [0.2, 0.25) is 5.91 Å². The van der Waals surface area contributed by atoms with Gasteiger partial charge in [0.05, 0.1) is 0 Å². The van der Waals surface area contributed by atoms with Crippen LogP contribution in [0.1, 0.15) is 27.7 Å². The molecule has 0 aromatic rings. The SMILES string of the molecule is CC#C/C(=N\OCCNCCNC(C)=O)C(C)C. The fraction of sp³-hybridized carbons (Fsp3) is 0.692. The van der Waals surface area contributed by atoms with Crippen LogP contribution in [0.4, 0.5) is 0 Å². The van der Waals surface area contributed by atoms with Gasteiger partial charge in [0.15, 0.2) is 0 Å². The summed E-state index contributed by atoms with van der Waals surface area (Å²) >= 11 is 0. The molecule has 0 aromatic heterocycles. The third-order valence-electron chi connectivity index (χ3n) is 2.01. The molecule has 0 radical (unpaired) electrons. The summed E-state index contributed by atoms with van der Waals surface area (Å²) < 4.78 is 0. The predicted molar refractivity (Wildman–Crippen MR) is 73.2 cm³/mol. The number of hydrogen-bond donors (Lipinski definition) is 2. The average Bonchev–Trinajstić information content (AvgIpc) is 2.30. The molecule has 0 spiro atoms. The number of carbonyl (C=O) groups excluding carboxylic acids is 1. The zero-order valence-electron chi connectivity index (χ0n) is 11.7. The normalized spacial score (nSPS) is 10.8. The van der Waals surface area contributed by atoms with Crippen molar-refractivity contribution in [3.8, 4) is 11.8 Å². The topological polar surface area (TPSA) is 62.7 Å². The van der Waals surface area contributed by atoms with E-state index in [1.54, 1.807) is 6.92 Å². The first-order valence-electron chi connectivity index (χ1n) is 6.15. The largest absolute Gasteiger partial charge is 0.394 e. The maximum absolute atomic E-state index is 10.6. The summed E-state index contributed by atoms with van der Waals surface area (Å²) in [5, 5.41) is 9.82. The van der Waals surface area contributed by atoms with Crippen LogP contribution in [-0.4, -0.2) is 37.9 Å². The van der Waals surface area contributed by atoms with E-state index < -0.39 is 0 Å². The van der Waals surface area contributed by atoms with E-state index in [1.165, 1.54) is 6.92 Å². The minimum absolute atomic E-state index is 0.0163. The highest BCUT2D eigenvalue weighted by atomic mass is 16.6. The summed E-state index contributed by atoms with van der Waals surface area (Å²) in [4.78, 5) is 15.8. The van der Waals surface area contributed by atoms with Gasteiger partial charge in [-0.1, -0.05) is 24.9 Å². The Labute approximate surface area is 109 Å². The van der Waals surface area contributed by atoms with E-state index in [2.05, 4.69) is 27.6 Å². The van der Waals surface area contributed by atoms with Crippen LogP contribution in [0, 0.1) is 17.8 Å². The molecule has 0 atom stereocenters. The third kappa shape index (κ3) is 9.67. The molecular weight excluding hydrogens is 230 g/mol. The van der Waals surface area contributed by atoms with E-state index in [-0.39, 0.29) is 11.8 Å². The van der Waals surface area contributed by atoms with Crippen LogP contribution in [0.15, 0.2) is 5.16 Å². The number of nitrogens with one attached hydrogen (secondary N) is 2. The number of oxime groups is 1. The second kappa shape index (κ2) is 10.6. The van der Waals surface area contributed by atoms with Crippen molar-refractivity contribution in [3.63, 3.8) is 0 Å². The van der Waals surface area contributed by atoms with Gasteiger partial charge < -0.3 is 15.5 Å². The number of rotatable bonds is 8. The number of nitrogens with zero attached hydrogens (tertiary/aromatic N) is 1. The number of amides is 1. The minimum Gasteiger partial charge on any atom is -0.394 e. The molecule has 102 valence electrons. The molecule has 0 saturated carbocycles. The Morgan fingerprint density at radius 1 is 1.33 bits per heavy atom. The second-order valence-electron chi connectivity index (χ2n) is 4.07. The van der Waals surface area contributed by atoms with Crippen LogP contribution in [0.2, 0.25) is 0 Å². The van der Waals surface area contributed by atoms with Crippen molar-refractivity contribution in [3.05, 3.63) is 0 Å². The molecule has 2 N–H and O–H groups in total. The molecule has 0 aromatic carbocycles. The number of hydrogen-bond acceptors (Lipinski definition) is 4. The van der Waals surface area contributed by atoms with E-state index in [4.69, 9.17) is 4.84 Å². The maximum Gasteiger partial charge on any atom is 0.216 e. The van der Waals surface area contributed by atoms with Gasteiger partial charge in [-0.2, -0.15) is 0 Å². The predicted octanol–water partition coefficient (Wildman–Crippen LogP) is 0.764. The molecule has 0 rings (SSSR count). The lowest BCUT2D eigenvalue weighted by atomic mass is 10.1. The molecule has 5 nitrogen and oxygen atoms in total. The third-order valence-corrected chi connectivity index (χ3v) is 2.01. The summed E-state index contributed by atoms with van der Waals surface area (Å²) in [6.07, 6.45) is 0. The molecule has 0 fully saturated rings. The van der Waals surface area contributed by atoms with Gasteiger partial charge in [-0.3, -0.25) is 4.79 Å². The molecule has 5 heteroatoms. The van der Waals surface area contributed by atoms with Crippen molar-refractivity contribution < 1.29 is 9.63 Å². The standard InChI is InChI=1S/C13H23N3O2/c1-5-6-13(11(2)3)16-18-10-9-14-7-8-15-12(4)17/h11,14H,7-10H2,1-4H3,(H,15,17)/b16-13+. The zero-order chi connectivity index (χ0) is 13.8. The Hall–Kier alpha value is -1.54. The van der Waals surface area contributed by atoms with Gasteiger partial charge in [0, 0.05) is 32.5 Å². The Morgan fingerprint density at radius 3 is 2.61 bits per heavy atom. The quantitative estimate of drug-likeness (QED) is 0.291. The van der Waals surface area contributed by atoms with Crippen LogP contribution in [0.5, 0.6) is 0 Å². The zero-order valence-corrected chi connectivity index (χ0v) is 11.7. The van der Waals surface area contributed by atoms with Gasteiger partial charge in [-0.15, -0.1) is 0 Å². The van der Waals surface area contributed by atoms with E-state index in [0.29, 0.717) is 19.7 Å². The van der Waals surface area contributed by atoms with E-state index in [0.717, 1.165) is 12.3 Å². The molecule has 0 aliphatic carbocycles. The van der Waals surface area contributed by atoms with Gasteiger partial charge in [0.1, 0.15) is 12.3 Å². The van der Waals surface area contributed by atoms with Gasteiger partial charge in [-0.25, -0.2) is 0 Å². The van der Waals surface area contributed by atoms with Crippen molar-refractivity contribution >= 4 is 11.6 Å². The molecule has 0 bridgehead atoms. The first kappa shape index (κ1) is 16.5. The second-order valence-corrected chi connectivity index (χ2v) is 4.07. The van der Waals surface area contributed by atoms with Crippen LogP contribution >= 0.6 is 0 Å². The summed E-state index contributed by atoms with van der Waals surface area (Å²) in [5.41, 5.74) is 0.760.